The molecule has 0 spiro atoms. The number of anilines is 1. The van der Waals surface area contributed by atoms with Crippen LogP contribution in [0.15, 0.2) is 18.6 Å². The molecular weight excluding hydrogens is 246 g/mol. The highest BCUT2D eigenvalue weighted by atomic mass is 16.2. The molecule has 0 aliphatic carbocycles. The Labute approximate surface area is 110 Å². The highest BCUT2D eigenvalue weighted by molar-refractivity contribution is 5.87. The Morgan fingerprint density at radius 1 is 1.47 bits per heavy atom. The first-order valence-corrected chi connectivity index (χ1v) is 5.99. The summed E-state index contributed by atoms with van der Waals surface area (Å²) in [4.78, 5) is 15.9. The highest BCUT2D eigenvalue weighted by Crippen LogP contribution is 2.07. The standard InChI is InChI=1S/C11H17N7O/c1-8(2)18-5-4-12-10(18)6-13-11(19)14-9-7-17(3)16-15-9/h4-5,7-8H,6H2,1-3H3,(H2,13,14,19). The van der Waals surface area contributed by atoms with Gasteiger partial charge in [-0.1, -0.05) is 5.21 Å². The quantitative estimate of drug-likeness (QED) is 0.858. The average molecular weight is 263 g/mol. The molecule has 8 heteroatoms. The van der Waals surface area contributed by atoms with E-state index in [4.69, 9.17) is 0 Å². The summed E-state index contributed by atoms with van der Waals surface area (Å²) in [5.41, 5.74) is 0. The van der Waals surface area contributed by atoms with Crippen molar-refractivity contribution in [3.05, 3.63) is 24.4 Å². The van der Waals surface area contributed by atoms with Crippen molar-refractivity contribution in [2.75, 3.05) is 5.32 Å². The van der Waals surface area contributed by atoms with Crippen molar-refractivity contribution in [3.63, 3.8) is 0 Å². The molecule has 2 N–H and O–H groups in total. The fourth-order valence-electron chi connectivity index (χ4n) is 1.68. The SMILES string of the molecule is CC(C)n1ccnc1CNC(=O)Nc1cn(C)nn1. The van der Waals surface area contributed by atoms with Crippen molar-refractivity contribution in [2.45, 2.75) is 26.4 Å². The van der Waals surface area contributed by atoms with Crippen LogP contribution in [0.3, 0.4) is 0 Å². The number of urea groups is 1. The van der Waals surface area contributed by atoms with E-state index >= 15 is 0 Å². The van der Waals surface area contributed by atoms with Crippen molar-refractivity contribution in [2.24, 2.45) is 7.05 Å². The van der Waals surface area contributed by atoms with Gasteiger partial charge in [-0.3, -0.25) is 10.00 Å². The Balaban J connectivity index is 1.88. The summed E-state index contributed by atoms with van der Waals surface area (Å²) >= 11 is 0. The van der Waals surface area contributed by atoms with Gasteiger partial charge in [-0.2, -0.15) is 0 Å². The van der Waals surface area contributed by atoms with Crippen LogP contribution < -0.4 is 10.6 Å². The van der Waals surface area contributed by atoms with Crippen LogP contribution in [0.25, 0.3) is 0 Å². The molecule has 2 aromatic rings. The number of hydrogen-bond donors (Lipinski definition) is 2. The molecule has 2 amide bonds. The largest absolute Gasteiger partial charge is 0.331 e. The van der Waals surface area contributed by atoms with Gasteiger partial charge in [0.2, 0.25) is 0 Å². The third-order valence-corrected chi connectivity index (χ3v) is 2.56. The molecule has 2 rings (SSSR count). The number of carbonyl (C=O) groups is 1. The van der Waals surface area contributed by atoms with Crippen molar-refractivity contribution in [3.8, 4) is 0 Å². The second-order valence-electron chi connectivity index (χ2n) is 4.43. The molecule has 0 fully saturated rings. The lowest BCUT2D eigenvalue weighted by atomic mass is 10.4. The average Bonchev–Trinajstić information content (AvgIpc) is 2.95. The predicted octanol–water partition coefficient (Wildman–Crippen LogP) is 0.914. The predicted molar refractivity (Wildman–Crippen MR) is 69.5 cm³/mol. The van der Waals surface area contributed by atoms with Gasteiger partial charge < -0.3 is 9.88 Å². The summed E-state index contributed by atoms with van der Waals surface area (Å²) in [6.45, 7) is 4.48. The minimum Gasteiger partial charge on any atom is -0.331 e. The minimum absolute atomic E-state index is 0.308. The molecular formula is C11H17N7O. The van der Waals surface area contributed by atoms with Gasteiger partial charge in [0.25, 0.3) is 0 Å². The van der Waals surface area contributed by atoms with E-state index in [2.05, 4.69) is 39.8 Å². The van der Waals surface area contributed by atoms with Crippen molar-refractivity contribution >= 4 is 11.8 Å². The molecule has 0 unspecified atom stereocenters. The summed E-state index contributed by atoms with van der Waals surface area (Å²) in [5, 5.41) is 12.8. The van der Waals surface area contributed by atoms with Gasteiger partial charge in [0.15, 0.2) is 5.82 Å². The van der Waals surface area contributed by atoms with Gasteiger partial charge in [0.1, 0.15) is 5.82 Å². The third kappa shape index (κ3) is 3.30. The summed E-state index contributed by atoms with van der Waals surface area (Å²) in [7, 11) is 1.73. The molecule has 0 radical (unpaired) electrons. The van der Waals surface area contributed by atoms with E-state index < -0.39 is 0 Å². The number of nitrogens with zero attached hydrogens (tertiary/aromatic N) is 5. The molecule has 0 atom stereocenters. The first-order valence-electron chi connectivity index (χ1n) is 5.99. The molecule has 102 valence electrons. The van der Waals surface area contributed by atoms with Crippen LogP contribution in [-0.2, 0) is 13.6 Å². The lowest BCUT2D eigenvalue weighted by Gasteiger charge is -2.11. The van der Waals surface area contributed by atoms with E-state index in [1.54, 1.807) is 19.4 Å². The van der Waals surface area contributed by atoms with Gasteiger partial charge in [0.05, 0.1) is 12.7 Å². The molecule has 0 aromatic carbocycles. The van der Waals surface area contributed by atoms with Crippen molar-refractivity contribution in [1.82, 2.24) is 29.9 Å². The normalized spacial score (nSPS) is 10.7. The Hall–Kier alpha value is -2.38. The molecule has 0 aliphatic rings. The second kappa shape index (κ2) is 5.51. The third-order valence-electron chi connectivity index (χ3n) is 2.56. The molecule has 0 saturated carbocycles. The van der Waals surface area contributed by atoms with Crippen LogP contribution in [0.5, 0.6) is 0 Å². The fourth-order valence-corrected chi connectivity index (χ4v) is 1.68. The molecule has 0 saturated heterocycles. The van der Waals surface area contributed by atoms with Crippen molar-refractivity contribution < 1.29 is 4.79 Å². The van der Waals surface area contributed by atoms with E-state index in [0.29, 0.717) is 18.4 Å². The van der Waals surface area contributed by atoms with E-state index in [1.165, 1.54) is 4.68 Å². The maximum atomic E-state index is 11.7. The summed E-state index contributed by atoms with van der Waals surface area (Å²) in [6.07, 6.45) is 5.23. The fraction of sp³-hybridized carbons (Fsp3) is 0.455. The molecule has 0 aliphatic heterocycles. The summed E-state index contributed by atoms with van der Waals surface area (Å²) < 4.78 is 3.52. The molecule has 2 heterocycles. The Morgan fingerprint density at radius 2 is 2.26 bits per heavy atom. The van der Waals surface area contributed by atoms with Gasteiger partial charge in [-0.15, -0.1) is 5.10 Å². The van der Waals surface area contributed by atoms with Gasteiger partial charge in [-0.25, -0.2) is 9.78 Å². The summed E-state index contributed by atoms with van der Waals surface area (Å²) in [6, 6.07) is -0.0267. The lowest BCUT2D eigenvalue weighted by molar-refractivity contribution is 0.251. The zero-order valence-electron chi connectivity index (χ0n) is 11.2. The molecule has 0 bridgehead atoms. The van der Waals surface area contributed by atoms with Gasteiger partial charge in [0, 0.05) is 25.5 Å². The van der Waals surface area contributed by atoms with Crippen LogP contribution in [0.4, 0.5) is 10.6 Å². The monoisotopic (exact) mass is 263 g/mol. The maximum absolute atomic E-state index is 11.7. The van der Waals surface area contributed by atoms with E-state index in [9.17, 15) is 4.79 Å². The van der Waals surface area contributed by atoms with Crippen molar-refractivity contribution in [1.29, 1.82) is 0 Å². The minimum atomic E-state index is -0.334. The van der Waals surface area contributed by atoms with Crippen LogP contribution in [-0.4, -0.2) is 30.6 Å². The molecule has 19 heavy (non-hydrogen) atoms. The number of amides is 2. The first kappa shape index (κ1) is 13.1. The van der Waals surface area contributed by atoms with E-state index in [0.717, 1.165) is 5.82 Å². The van der Waals surface area contributed by atoms with Crippen LogP contribution >= 0.6 is 0 Å². The van der Waals surface area contributed by atoms with Crippen LogP contribution in [0.2, 0.25) is 0 Å². The molecule has 8 nitrogen and oxygen atoms in total. The number of imidazole rings is 1. The number of hydrogen-bond acceptors (Lipinski definition) is 4. The van der Waals surface area contributed by atoms with Gasteiger partial charge in [-0.05, 0) is 13.8 Å². The number of carbonyl (C=O) groups excluding carboxylic acids is 1. The number of rotatable bonds is 4. The van der Waals surface area contributed by atoms with E-state index in [1.807, 2.05) is 10.8 Å². The topological polar surface area (TPSA) is 89.7 Å². The van der Waals surface area contributed by atoms with Gasteiger partial charge >= 0.3 is 6.03 Å². The highest BCUT2D eigenvalue weighted by Gasteiger charge is 2.08. The summed E-state index contributed by atoms with van der Waals surface area (Å²) in [5.74, 6) is 1.22. The number of aryl methyl sites for hydroxylation is 1. The zero-order valence-corrected chi connectivity index (χ0v) is 11.2. The maximum Gasteiger partial charge on any atom is 0.320 e. The van der Waals surface area contributed by atoms with Crippen LogP contribution in [0, 0.1) is 0 Å². The lowest BCUT2D eigenvalue weighted by Crippen LogP contribution is -2.29. The first-order chi connectivity index (χ1) is 9.06. The Kier molecular flexibility index (Phi) is 3.79. The number of aromatic nitrogens is 5. The van der Waals surface area contributed by atoms with Crippen LogP contribution in [0.1, 0.15) is 25.7 Å². The Morgan fingerprint density at radius 3 is 2.89 bits per heavy atom. The number of nitrogens with one attached hydrogen (secondary N) is 2. The second-order valence-corrected chi connectivity index (χ2v) is 4.43. The Bertz CT molecular complexity index is 557. The molecule has 2 aromatic heterocycles. The van der Waals surface area contributed by atoms with E-state index in [-0.39, 0.29) is 6.03 Å². The smallest absolute Gasteiger partial charge is 0.320 e. The zero-order chi connectivity index (χ0) is 13.8.